The first-order valence-electron chi connectivity index (χ1n) is 10.0. The van der Waals surface area contributed by atoms with E-state index in [0.717, 1.165) is 26.1 Å². The summed E-state index contributed by atoms with van der Waals surface area (Å²) in [6, 6.07) is 0.436. The number of allylic oxidation sites excluding steroid dienone is 1. The van der Waals surface area contributed by atoms with Crippen molar-refractivity contribution in [1.29, 1.82) is 0 Å². The van der Waals surface area contributed by atoms with Gasteiger partial charge in [-0.15, -0.1) is 0 Å². The summed E-state index contributed by atoms with van der Waals surface area (Å²) < 4.78 is 0. The first kappa shape index (κ1) is 17.3. The van der Waals surface area contributed by atoms with Crippen LogP contribution in [-0.2, 0) is 4.84 Å². The van der Waals surface area contributed by atoms with Crippen molar-refractivity contribution in [2.75, 3.05) is 19.6 Å². The molecule has 4 nitrogen and oxygen atoms in total. The molecule has 0 spiro atoms. The number of fused-ring (bicyclic) bond motifs is 2. The van der Waals surface area contributed by atoms with Gasteiger partial charge >= 0.3 is 0 Å². The molecule has 0 saturated carbocycles. The highest BCUT2D eigenvalue weighted by molar-refractivity contribution is 5.54. The van der Waals surface area contributed by atoms with Crippen LogP contribution in [0.25, 0.3) is 0 Å². The monoisotopic (exact) mass is 343 g/mol. The second-order valence-electron chi connectivity index (χ2n) is 9.13. The molecule has 0 aromatic carbocycles. The molecule has 2 aliphatic heterocycles. The lowest BCUT2D eigenvalue weighted by Gasteiger charge is -2.39. The highest BCUT2D eigenvalue weighted by atomic mass is 16.7. The second kappa shape index (κ2) is 6.57. The zero-order valence-corrected chi connectivity index (χ0v) is 16.3. The Morgan fingerprint density at radius 1 is 1.28 bits per heavy atom. The highest BCUT2D eigenvalue weighted by Crippen LogP contribution is 2.42. The average Bonchev–Trinajstić information content (AvgIpc) is 3.13. The maximum atomic E-state index is 6.34. The molecular weight excluding hydrogens is 310 g/mol. The molecule has 4 heteroatoms. The maximum absolute atomic E-state index is 6.34. The Morgan fingerprint density at radius 3 is 2.84 bits per heavy atom. The van der Waals surface area contributed by atoms with Gasteiger partial charge in [-0.2, -0.15) is 5.06 Å². The van der Waals surface area contributed by atoms with Crippen LogP contribution in [0.4, 0.5) is 0 Å². The minimum atomic E-state index is 0.160. The van der Waals surface area contributed by atoms with Gasteiger partial charge in [0.2, 0.25) is 0 Å². The molecule has 0 amide bonds. The average molecular weight is 344 g/mol. The zero-order chi connectivity index (χ0) is 17.6. The molecule has 1 unspecified atom stereocenters. The summed E-state index contributed by atoms with van der Waals surface area (Å²) >= 11 is 0. The van der Waals surface area contributed by atoms with Crippen molar-refractivity contribution >= 4 is 0 Å². The van der Waals surface area contributed by atoms with Gasteiger partial charge in [0.05, 0.1) is 12.2 Å². The van der Waals surface area contributed by atoms with E-state index in [9.17, 15) is 0 Å². The molecule has 1 N–H and O–H groups in total. The predicted octanol–water partition coefficient (Wildman–Crippen LogP) is 3.94. The van der Waals surface area contributed by atoms with Gasteiger partial charge in [-0.1, -0.05) is 19.9 Å². The van der Waals surface area contributed by atoms with Crippen molar-refractivity contribution in [3.05, 3.63) is 34.6 Å². The summed E-state index contributed by atoms with van der Waals surface area (Å²) in [5.41, 5.74) is 10.1. The minimum absolute atomic E-state index is 0.160. The predicted molar refractivity (Wildman–Crippen MR) is 101 cm³/mol. The van der Waals surface area contributed by atoms with Crippen LogP contribution >= 0.6 is 0 Å². The Balaban J connectivity index is 1.53. The Labute approximate surface area is 152 Å². The maximum Gasteiger partial charge on any atom is 0.103 e. The SMILES string of the molecule is CC(C)NN1CC2=C(CCC2)C2=CCC(ON3CCC(C)(C)C3)C=C21. The van der Waals surface area contributed by atoms with E-state index in [-0.39, 0.29) is 6.10 Å². The number of hydrogen-bond donors (Lipinski definition) is 1. The molecule has 1 saturated heterocycles. The second-order valence-corrected chi connectivity index (χ2v) is 9.13. The van der Waals surface area contributed by atoms with E-state index >= 15 is 0 Å². The van der Waals surface area contributed by atoms with Crippen LogP contribution in [0.5, 0.6) is 0 Å². The molecule has 2 heterocycles. The summed E-state index contributed by atoms with van der Waals surface area (Å²) in [6.45, 7) is 12.2. The summed E-state index contributed by atoms with van der Waals surface area (Å²) in [5, 5.41) is 4.55. The van der Waals surface area contributed by atoms with E-state index in [2.05, 4.69) is 55.3 Å². The Morgan fingerprint density at radius 2 is 2.12 bits per heavy atom. The molecule has 4 aliphatic rings. The fourth-order valence-corrected chi connectivity index (χ4v) is 4.61. The van der Waals surface area contributed by atoms with E-state index in [1.54, 1.807) is 11.1 Å². The molecule has 1 atom stereocenters. The van der Waals surface area contributed by atoms with Crippen LogP contribution in [0.15, 0.2) is 34.6 Å². The lowest BCUT2D eigenvalue weighted by atomic mass is 9.89. The molecule has 25 heavy (non-hydrogen) atoms. The molecule has 0 aromatic rings. The van der Waals surface area contributed by atoms with Crippen LogP contribution in [0, 0.1) is 5.41 Å². The van der Waals surface area contributed by atoms with Crippen molar-refractivity contribution in [2.45, 2.75) is 71.9 Å². The molecule has 4 rings (SSSR count). The minimum Gasteiger partial charge on any atom is -0.304 e. The zero-order valence-electron chi connectivity index (χ0n) is 16.3. The normalized spacial score (nSPS) is 29.0. The Kier molecular flexibility index (Phi) is 4.55. The summed E-state index contributed by atoms with van der Waals surface area (Å²) in [7, 11) is 0. The fraction of sp³-hybridized carbons (Fsp3) is 0.714. The van der Waals surface area contributed by atoms with E-state index in [1.807, 2.05) is 0 Å². The van der Waals surface area contributed by atoms with Crippen LogP contribution in [0.3, 0.4) is 0 Å². The molecule has 0 bridgehead atoms. The number of hydroxylamine groups is 2. The largest absolute Gasteiger partial charge is 0.304 e. The number of rotatable bonds is 4. The highest BCUT2D eigenvalue weighted by Gasteiger charge is 2.35. The topological polar surface area (TPSA) is 27.7 Å². The third-order valence-corrected chi connectivity index (χ3v) is 5.81. The van der Waals surface area contributed by atoms with Gasteiger partial charge in [-0.3, -0.25) is 4.84 Å². The van der Waals surface area contributed by atoms with Crippen molar-refractivity contribution in [1.82, 2.24) is 15.5 Å². The number of hydrazine groups is 1. The van der Waals surface area contributed by atoms with Crippen molar-refractivity contribution < 1.29 is 4.84 Å². The lowest BCUT2D eigenvalue weighted by molar-refractivity contribution is -0.173. The molecule has 0 radical (unpaired) electrons. The van der Waals surface area contributed by atoms with Gasteiger partial charge in [0.1, 0.15) is 6.10 Å². The van der Waals surface area contributed by atoms with Gasteiger partial charge in [0, 0.05) is 19.1 Å². The summed E-state index contributed by atoms with van der Waals surface area (Å²) in [6.07, 6.45) is 11.0. The van der Waals surface area contributed by atoms with E-state index in [4.69, 9.17) is 4.84 Å². The molecule has 2 aliphatic carbocycles. The molecule has 1 fully saturated rings. The van der Waals surface area contributed by atoms with E-state index in [0.29, 0.717) is 11.5 Å². The number of hydrogen-bond acceptors (Lipinski definition) is 4. The smallest absolute Gasteiger partial charge is 0.103 e. The Bertz CT molecular complexity index is 629. The van der Waals surface area contributed by atoms with E-state index in [1.165, 1.54) is 37.0 Å². The third kappa shape index (κ3) is 3.57. The summed E-state index contributed by atoms with van der Waals surface area (Å²) in [4.78, 5) is 6.34. The van der Waals surface area contributed by atoms with Crippen LogP contribution in [0.1, 0.15) is 59.8 Å². The van der Waals surface area contributed by atoms with Gasteiger partial charge in [-0.25, -0.2) is 5.43 Å². The van der Waals surface area contributed by atoms with Gasteiger partial charge < -0.3 is 5.01 Å². The van der Waals surface area contributed by atoms with Crippen LogP contribution < -0.4 is 5.43 Å². The number of nitrogens with one attached hydrogen (secondary N) is 1. The van der Waals surface area contributed by atoms with Crippen molar-refractivity contribution in [2.24, 2.45) is 5.41 Å². The standard InChI is InChI=1S/C21H33N3O/c1-15(2)22-24-13-16-6-5-7-18(16)19-9-8-17(12-20(19)24)25-23-11-10-21(3,4)14-23/h9,12,15,17,22H,5-8,10-11,13-14H2,1-4H3. The lowest BCUT2D eigenvalue weighted by Crippen LogP contribution is -2.46. The van der Waals surface area contributed by atoms with Crippen LogP contribution in [0.2, 0.25) is 0 Å². The van der Waals surface area contributed by atoms with Gasteiger partial charge in [-0.05, 0) is 74.2 Å². The quantitative estimate of drug-likeness (QED) is 0.837. The molecular formula is C21H33N3O. The van der Waals surface area contributed by atoms with Crippen molar-refractivity contribution in [3.63, 3.8) is 0 Å². The van der Waals surface area contributed by atoms with Gasteiger partial charge in [0.25, 0.3) is 0 Å². The summed E-state index contributed by atoms with van der Waals surface area (Å²) in [5.74, 6) is 0. The van der Waals surface area contributed by atoms with E-state index < -0.39 is 0 Å². The first-order chi connectivity index (χ1) is 11.9. The Hall–Kier alpha value is -1.10. The number of nitrogens with zero attached hydrogens (tertiary/aromatic N) is 2. The fourth-order valence-electron chi connectivity index (χ4n) is 4.61. The first-order valence-corrected chi connectivity index (χ1v) is 10.0. The molecule has 0 aromatic heterocycles. The third-order valence-electron chi connectivity index (χ3n) is 5.81. The van der Waals surface area contributed by atoms with Gasteiger partial charge in [0.15, 0.2) is 0 Å². The van der Waals surface area contributed by atoms with Crippen LogP contribution in [-0.4, -0.2) is 41.9 Å². The van der Waals surface area contributed by atoms with Crippen molar-refractivity contribution in [3.8, 4) is 0 Å². The molecule has 138 valence electrons.